The van der Waals surface area contributed by atoms with Crippen molar-refractivity contribution in [2.75, 3.05) is 0 Å². The molecule has 0 N–H and O–H groups in total. The first-order valence-corrected chi connectivity index (χ1v) is 15.2. The van der Waals surface area contributed by atoms with Crippen LogP contribution in [0.5, 0.6) is 0 Å². The standard InChI is InChI=1S/C30H48P2/c1-27(2,3)31(28(4,5)6)21-25-19-18-24(23-16-14-13-15-17-23)20-26(25)22-32(29(7,8)9)30(10,11)12/h13-20H,21-22H2,1-12H3. The van der Waals surface area contributed by atoms with Gasteiger partial charge >= 0.3 is 0 Å². The lowest BCUT2D eigenvalue weighted by Crippen LogP contribution is -2.27. The van der Waals surface area contributed by atoms with Crippen molar-refractivity contribution in [1.82, 2.24) is 0 Å². The zero-order valence-corrected chi connectivity index (χ0v) is 24.7. The number of hydrogen-bond donors (Lipinski definition) is 0. The molecule has 32 heavy (non-hydrogen) atoms. The maximum Gasteiger partial charge on any atom is -0.00606 e. The van der Waals surface area contributed by atoms with Gasteiger partial charge in [-0.2, -0.15) is 0 Å². The van der Waals surface area contributed by atoms with E-state index in [1.165, 1.54) is 23.5 Å². The molecule has 0 saturated heterocycles. The molecule has 2 heteroatoms. The summed E-state index contributed by atoms with van der Waals surface area (Å²) >= 11 is 0. The SMILES string of the molecule is CC(C)(C)P(Cc1ccc(-c2ccccc2)cc1CP(C(C)(C)C)C(C)(C)C)C(C)(C)C. The fourth-order valence-electron chi connectivity index (χ4n) is 5.04. The van der Waals surface area contributed by atoms with E-state index in [1.54, 1.807) is 11.1 Å². The molecule has 0 aliphatic carbocycles. The molecule has 0 saturated carbocycles. The van der Waals surface area contributed by atoms with Crippen molar-refractivity contribution in [3.05, 3.63) is 59.7 Å². The van der Waals surface area contributed by atoms with Crippen LogP contribution in [0.15, 0.2) is 48.5 Å². The van der Waals surface area contributed by atoms with E-state index in [2.05, 4.69) is 132 Å². The van der Waals surface area contributed by atoms with Gasteiger partial charge in [-0.05, 0) is 55.2 Å². The predicted molar refractivity (Wildman–Crippen MR) is 152 cm³/mol. The van der Waals surface area contributed by atoms with Gasteiger partial charge in [-0.3, -0.25) is 0 Å². The molecule has 0 atom stereocenters. The van der Waals surface area contributed by atoms with Gasteiger partial charge in [-0.15, -0.1) is 0 Å². The van der Waals surface area contributed by atoms with Gasteiger partial charge in [0.05, 0.1) is 0 Å². The van der Waals surface area contributed by atoms with E-state index in [1.807, 2.05) is 0 Å². The summed E-state index contributed by atoms with van der Waals surface area (Å²) in [6, 6.07) is 18.2. The van der Waals surface area contributed by atoms with Gasteiger partial charge in [0.1, 0.15) is 0 Å². The van der Waals surface area contributed by atoms with Crippen LogP contribution in [-0.4, -0.2) is 20.6 Å². The molecule has 0 nitrogen and oxygen atoms in total. The fourth-order valence-corrected chi connectivity index (χ4v) is 12.2. The molecule has 0 aliphatic rings. The summed E-state index contributed by atoms with van der Waals surface area (Å²) in [6.07, 6.45) is 2.42. The minimum atomic E-state index is -0.191. The second kappa shape index (κ2) is 9.88. The van der Waals surface area contributed by atoms with Crippen LogP contribution in [-0.2, 0) is 12.3 Å². The van der Waals surface area contributed by atoms with Crippen molar-refractivity contribution in [2.45, 2.75) is 116 Å². The minimum absolute atomic E-state index is 0.173. The van der Waals surface area contributed by atoms with Crippen molar-refractivity contribution in [3.63, 3.8) is 0 Å². The third-order valence-corrected chi connectivity index (χ3v) is 14.0. The normalized spacial score (nSPS) is 13.8. The molecular weight excluding hydrogens is 422 g/mol. The third kappa shape index (κ3) is 7.40. The molecule has 0 radical (unpaired) electrons. The average molecular weight is 471 g/mol. The summed E-state index contributed by atoms with van der Waals surface area (Å²) in [6.45, 7) is 29.3. The van der Waals surface area contributed by atoms with Gasteiger partial charge in [0.25, 0.3) is 0 Å². The van der Waals surface area contributed by atoms with Crippen molar-refractivity contribution in [2.24, 2.45) is 0 Å². The highest BCUT2D eigenvalue weighted by Gasteiger charge is 2.37. The van der Waals surface area contributed by atoms with E-state index >= 15 is 0 Å². The van der Waals surface area contributed by atoms with Crippen molar-refractivity contribution < 1.29 is 0 Å². The summed E-state index contributed by atoms with van der Waals surface area (Å²) in [5.74, 6) is 0. The summed E-state index contributed by atoms with van der Waals surface area (Å²) in [5.41, 5.74) is 5.85. The average Bonchev–Trinajstić information content (AvgIpc) is 2.61. The molecule has 0 amide bonds. The van der Waals surface area contributed by atoms with Crippen LogP contribution in [0.4, 0.5) is 0 Å². The van der Waals surface area contributed by atoms with Crippen molar-refractivity contribution in [3.8, 4) is 11.1 Å². The lowest BCUT2D eigenvalue weighted by Gasteiger charge is -2.44. The molecule has 0 bridgehead atoms. The van der Waals surface area contributed by atoms with E-state index in [9.17, 15) is 0 Å². The molecule has 2 aromatic carbocycles. The van der Waals surface area contributed by atoms with Crippen molar-refractivity contribution in [1.29, 1.82) is 0 Å². The highest BCUT2D eigenvalue weighted by atomic mass is 31.1. The topological polar surface area (TPSA) is 0 Å². The molecule has 0 fully saturated rings. The van der Waals surface area contributed by atoms with Crippen LogP contribution < -0.4 is 0 Å². The van der Waals surface area contributed by atoms with Gasteiger partial charge < -0.3 is 0 Å². The quantitative estimate of drug-likeness (QED) is 0.381. The highest BCUT2D eigenvalue weighted by molar-refractivity contribution is 7.60. The van der Waals surface area contributed by atoms with E-state index < -0.39 is 0 Å². The number of benzene rings is 2. The lowest BCUT2D eigenvalue weighted by atomic mass is 10.0. The Morgan fingerprint density at radius 2 is 0.875 bits per heavy atom. The van der Waals surface area contributed by atoms with Gasteiger partial charge in [-0.1, -0.05) is 147 Å². The number of hydrogen-bond acceptors (Lipinski definition) is 0. The molecule has 0 heterocycles. The second-order valence-corrected chi connectivity index (χ2v) is 20.9. The maximum absolute atomic E-state index is 2.52. The first kappa shape index (κ1) is 27.5. The Kier molecular flexibility index (Phi) is 8.51. The van der Waals surface area contributed by atoms with Crippen LogP contribution in [0, 0.1) is 0 Å². The van der Waals surface area contributed by atoms with Crippen LogP contribution in [0.3, 0.4) is 0 Å². The summed E-state index contributed by atoms with van der Waals surface area (Å²) in [4.78, 5) is 0. The molecular formula is C30H48P2. The van der Waals surface area contributed by atoms with E-state index in [-0.39, 0.29) is 15.8 Å². The van der Waals surface area contributed by atoms with Gasteiger partial charge in [0, 0.05) is 0 Å². The van der Waals surface area contributed by atoms with Crippen LogP contribution in [0.1, 0.15) is 94.2 Å². The first-order chi connectivity index (χ1) is 14.4. The van der Waals surface area contributed by atoms with Crippen LogP contribution >= 0.6 is 15.8 Å². The number of rotatable bonds is 5. The predicted octanol–water partition coefficient (Wildman–Crippen LogP) is 10.5. The van der Waals surface area contributed by atoms with E-state index in [4.69, 9.17) is 0 Å². The van der Waals surface area contributed by atoms with Crippen LogP contribution in [0.2, 0.25) is 0 Å². The van der Waals surface area contributed by atoms with Crippen LogP contribution in [0.25, 0.3) is 11.1 Å². The van der Waals surface area contributed by atoms with E-state index in [0.717, 1.165) is 0 Å². The first-order valence-electron chi connectivity index (χ1n) is 12.1. The Hall–Kier alpha value is -0.700. The van der Waals surface area contributed by atoms with Crippen molar-refractivity contribution >= 4 is 15.8 Å². The largest absolute Gasteiger partial charge is 0.0911 e. The fraction of sp³-hybridized carbons (Fsp3) is 0.600. The van der Waals surface area contributed by atoms with Gasteiger partial charge in [-0.25, -0.2) is 0 Å². The smallest absolute Gasteiger partial charge is 0.00606 e. The molecule has 2 aromatic rings. The third-order valence-electron chi connectivity index (χ3n) is 6.21. The second-order valence-electron chi connectivity index (χ2n) is 13.2. The Morgan fingerprint density at radius 3 is 1.28 bits per heavy atom. The Balaban J connectivity index is 2.61. The zero-order chi connectivity index (χ0) is 24.5. The van der Waals surface area contributed by atoms with Gasteiger partial charge in [0.2, 0.25) is 0 Å². The summed E-state index contributed by atoms with van der Waals surface area (Å²) in [5, 5.41) is 1.32. The van der Waals surface area contributed by atoms with Gasteiger partial charge in [0.15, 0.2) is 0 Å². The molecule has 0 spiro atoms. The minimum Gasteiger partial charge on any atom is -0.0911 e. The monoisotopic (exact) mass is 470 g/mol. The summed E-state index contributed by atoms with van der Waals surface area (Å²) in [7, 11) is -0.364. The molecule has 178 valence electrons. The van der Waals surface area contributed by atoms with E-state index in [0.29, 0.717) is 20.6 Å². The molecule has 0 aliphatic heterocycles. The lowest BCUT2D eigenvalue weighted by molar-refractivity contribution is 0.699. The molecule has 0 unspecified atom stereocenters. The zero-order valence-electron chi connectivity index (χ0n) is 22.9. The Morgan fingerprint density at radius 1 is 0.469 bits per heavy atom. The molecule has 2 rings (SSSR count). The molecule has 0 aromatic heterocycles. The Bertz CT molecular complexity index is 840. The Labute approximate surface area is 202 Å². The maximum atomic E-state index is 2.52. The highest BCUT2D eigenvalue weighted by Crippen LogP contribution is 2.64. The summed E-state index contributed by atoms with van der Waals surface area (Å²) < 4.78 is 0.